The molecule has 8 atom stereocenters. The lowest BCUT2D eigenvalue weighted by molar-refractivity contribution is -0.142. The lowest BCUT2D eigenvalue weighted by Gasteiger charge is -2.31. The third-order valence-corrected chi connectivity index (χ3v) is 10.7. The number of rotatable bonds is 11. The quantitative estimate of drug-likeness (QED) is 0.166. The van der Waals surface area contributed by atoms with E-state index in [1.165, 1.54) is 23.0 Å². The number of carbonyl (C=O) groups is 7. The topological polar surface area (TPSA) is 224 Å². The summed E-state index contributed by atoms with van der Waals surface area (Å²) in [5, 5.41) is 16.6. The molecule has 0 aromatic carbocycles. The van der Waals surface area contributed by atoms with E-state index in [2.05, 4.69) is 41.9 Å². The number of hydrogen-bond acceptors (Lipinski definition) is 9. The van der Waals surface area contributed by atoms with Crippen LogP contribution in [0.4, 0.5) is 0 Å². The van der Waals surface area contributed by atoms with Crippen molar-refractivity contribution in [3.05, 3.63) is 18.2 Å². The fourth-order valence-corrected chi connectivity index (χ4v) is 6.96. The van der Waals surface area contributed by atoms with Crippen LogP contribution >= 0.6 is 11.8 Å². The molecule has 1 aromatic rings. The Morgan fingerprint density at radius 1 is 0.792 bits per heavy atom. The second kappa shape index (κ2) is 20.9. The molecule has 3 rings (SSSR count). The van der Waals surface area contributed by atoms with Crippen LogP contribution in [0.3, 0.4) is 0 Å². The van der Waals surface area contributed by atoms with Gasteiger partial charge in [-0.05, 0) is 55.4 Å². The Kier molecular flexibility index (Phi) is 17.1. The maximum Gasteiger partial charge on any atom is 0.246 e. The number of nitrogens with one attached hydrogen (secondary N) is 7. The van der Waals surface area contributed by atoms with Gasteiger partial charge in [0.05, 0.1) is 12.9 Å². The molecule has 0 unspecified atom stereocenters. The molecule has 0 spiro atoms. The Balaban J connectivity index is 2.07. The number of imidazole rings is 1. The van der Waals surface area contributed by atoms with Gasteiger partial charge in [0.15, 0.2) is 0 Å². The van der Waals surface area contributed by atoms with Crippen LogP contribution in [0.2, 0.25) is 0 Å². The monoisotopic (exact) mass is 761 g/mol. The summed E-state index contributed by atoms with van der Waals surface area (Å²) in [5.74, 6) is -4.11. The van der Waals surface area contributed by atoms with E-state index in [4.69, 9.17) is 0 Å². The number of carbonyl (C=O) groups excluding carboxylic acids is 7. The molecule has 16 nitrogen and oxygen atoms in total. The van der Waals surface area contributed by atoms with Gasteiger partial charge < -0.3 is 41.8 Å². The van der Waals surface area contributed by atoms with Crippen molar-refractivity contribution in [2.24, 2.45) is 17.8 Å². The molecule has 296 valence electrons. The van der Waals surface area contributed by atoms with E-state index in [1.54, 1.807) is 20.0 Å². The zero-order chi connectivity index (χ0) is 39.2. The lowest BCUT2D eigenvalue weighted by Crippen LogP contribution is -2.60. The van der Waals surface area contributed by atoms with Gasteiger partial charge in [-0.2, -0.15) is 11.8 Å². The molecule has 1 aromatic heterocycles. The van der Waals surface area contributed by atoms with Crippen molar-refractivity contribution in [2.45, 2.75) is 123 Å². The number of aromatic nitrogens is 2. The fourth-order valence-electron chi connectivity index (χ4n) is 6.49. The van der Waals surface area contributed by atoms with Gasteiger partial charge >= 0.3 is 0 Å². The van der Waals surface area contributed by atoms with Crippen molar-refractivity contribution >= 4 is 53.1 Å². The van der Waals surface area contributed by atoms with E-state index in [-0.39, 0.29) is 43.6 Å². The number of amides is 7. The van der Waals surface area contributed by atoms with Gasteiger partial charge in [0, 0.05) is 24.9 Å². The summed E-state index contributed by atoms with van der Waals surface area (Å²) in [6.45, 7) is 10.9. The Morgan fingerprint density at radius 2 is 1.42 bits per heavy atom. The Morgan fingerprint density at radius 3 is 2.02 bits per heavy atom. The largest absolute Gasteiger partial charge is 0.348 e. The van der Waals surface area contributed by atoms with E-state index >= 15 is 0 Å². The molecule has 2 saturated heterocycles. The zero-order valence-corrected chi connectivity index (χ0v) is 32.9. The minimum Gasteiger partial charge on any atom is -0.348 e. The lowest BCUT2D eigenvalue weighted by atomic mass is 9.96. The molecular formula is C36H59N9O7S. The number of thioether (sulfide) groups is 1. The molecule has 2 aliphatic rings. The molecule has 53 heavy (non-hydrogen) atoms. The average molecular weight is 762 g/mol. The molecule has 17 heteroatoms. The number of nitrogens with zero attached hydrogens (tertiary/aromatic N) is 2. The summed E-state index contributed by atoms with van der Waals surface area (Å²) >= 11 is 1.48. The maximum absolute atomic E-state index is 14.3. The van der Waals surface area contributed by atoms with Crippen LogP contribution in [-0.4, -0.2) is 118 Å². The molecule has 0 bridgehead atoms. The highest BCUT2D eigenvalue weighted by molar-refractivity contribution is 7.98. The summed E-state index contributed by atoms with van der Waals surface area (Å²) < 4.78 is 0. The van der Waals surface area contributed by atoms with Gasteiger partial charge in [0.1, 0.15) is 36.3 Å². The van der Waals surface area contributed by atoms with E-state index in [0.29, 0.717) is 37.1 Å². The third-order valence-electron chi connectivity index (χ3n) is 10.0. The highest BCUT2D eigenvalue weighted by atomic mass is 32.2. The number of aromatic amines is 1. The van der Waals surface area contributed by atoms with Crippen LogP contribution < -0.4 is 31.9 Å². The van der Waals surface area contributed by atoms with Gasteiger partial charge in [0.2, 0.25) is 41.4 Å². The predicted octanol–water partition coefficient (Wildman–Crippen LogP) is 0.388. The van der Waals surface area contributed by atoms with Crippen LogP contribution in [0.1, 0.15) is 85.8 Å². The van der Waals surface area contributed by atoms with Crippen molar-refractivity contribution in [2.75, 3.05) is 25.1 Å². The minimum absolute atomic E-state index is 0.00996. The smallest absolute Gasteiger partial charge is 0.246 e. The molecule has 0 aliphatic carbocycles. The number of H-pyrrole nitrogens is 1. The normalized spacial score (nSPS) is 27.0. The molecule has 2 aliphatic heterocycles. The third kappa shape index (κ3) is 12.5. The summed E-state index contributed by atoms with van der Waals surface area (Å²) in [6.07, 6.45) is 7.36. The first kappa shape index (κ1) is 43.3. The van der Waals surface area contributed by atoms with Crippen LogP contribution in [0.15, 0.2) is 12.5 Å². The van der Waals surface area contributed by atoms with E-state index in [0.717, 1.165) is 0 Å². The van der Waals surface area contributed by atoms with Crippen molar-refractivity contribution in [3.63, 3.8) is 0 Å². The molecule has 2 fully saturated rings. The molecular weight excluding hydrogens is 703 g/mol. The maximum atomic E-state index is 14.3. The van der Waals surface area contributed by atoms with Crippen molar-refractivity contribution in [3.8, 4) is 0 Å². The summed E-state index contributed by atoms with van der Waals surface area (Å²) in [7, 11) is 0. The summed E-state index contributed by atoms with van der Waals surface area (Å²) in [4.78, 5) is 105. The molecule has 3 heterocycles. The second-order valence-corrected chi connectivity index (χ2v) is 15.6. The van der Waals surface area contributed by atoms with Crippen LogP contribution in [0.25, 0.3) is 0 Å². The van der Waals surface area contributed by atoms with Crippen molar-refractivity contribution < 1.29 is 33.6 Å². The Bertz CT molecular complexity index is 1430. The zero-order valence-electron chi connectivity index (χ0n) is 32.1. The minimum atomic E-state index is -1.12. The second-order valence-electron chi connectivity index (χ2n) is 14.6. The van der Waals surface area contributed by atoms with Crippen LogP contribution in [-0.2, 0) is 40.0 Å². The fraction of sp³-hybridized carbons (Fsp3) is 0.722. The van der Waals surface area contributed by atoms with E-state index < -0.39 is 84.1 Å². The van der Waals surface area contributed by atoms with Gasteiger partial charge in [-0.25, -0.2) is 4.98 Å². The highest BCUT2D eigenvalue weighted by Crippen LogP contribution is 2.21. The van der Waals surface area contributed by atoms with Crippen LogP contribution in [0, 0.1) is 17.8 Å². The molecule has 0 radical (unpaired) electrons. The SMILES string of the molecule is CC[C@H](C)[C@@H]1NC(=O)CNC(=O)[C@H]([C@@H](C)CC)NC(=O)[C@H](CC(C)C)NC(=O)[C@@H]2CCCN2C(=O)[C@H](Cc2cnc[nH]2)NC(=O)[C@H](CCSC)NC1=O. The van der Waals surface area contributed by atoms with Gasteiger partial charge in [-0.15, -0.1) is 0 Å². The first-order valence-electron chi connectivity index (χ1n) is 18.8. The predicted molar refractivity (Wildman–Crippen MR) is 201 cm³/mol. The van der Waals surface area contributed by atoms with Crippen molar-refractivity contribution in [1.82, 2.24) is 46.8 Å². The highest BCUT2D eigenvalue weighted by Gasteiger charge is 2.41. The Hall–Kier alpha value is -4.15. The average Bonchev–Trinajstić information content (AvgIpc) is 3.84. The first-order valence-corrected chi connectivity index (χ1v) is 20.1. The van der Waals surface area contributed by atoms with Gasteiger partial charge in [-0.1, -0.05) is 54.4 Å². The Labute approximate surface area is 316 Å². The molecule has 0 saturated carbocycles. The van der Waals surface area contributed by atoms with E-state index in [9.17, 15) is 33.6 Å². The summed E-state index contributed by atoms with van der Waals surface area (Å²) in [5.41, 5.74) is 0.575. The van der Waals surface area contributed by atoms with Gasteiger partial charge in [-0.3, -0.25) is 33.6 Å². The van der Waals surface area contributed by atoms with E-state index in [1.807, 2.05) is 34.0 Å². The van der Waals surface area contributed by atoms with Crippen LogP contribution in [0.5, 0.6) is 0 Å². The molecule has 7 amide bonds. The number of fused-ring (bicyclic) bond motifs is 1. The first-order chi connectivity index (χ1) is 25.2. The molecule has 7 N–H and O–H groups in total. The standard InChI is InChI=1S/C36H59N9O7S/c1-8-21(5)29-34(50)38-18-28(46)43-30(22(6)9-2)35(51)40-24(12-14-53-7)31(47)42-26(16-23-17-37-19-39-23)36(52)45-13-10-11-27(45)33(49)41-25(15-20(3)4)32(48)44-29/h17,19-22,24-27,29-30H,8-16,18H2,1-7H3,(H,37,39)(H,38,50)(H,40,51)(H,41,49)(H,42,47)(H,43,46)(H,44,48)/t21-,22-,24-,25-,26-,27-,29-,30-/m0/s1. The van der Waals surface area contributed by atoms with Gasteiger partial charge in [0.25, 0.3) is 0 Å². The summed E-state index contributed by atoms with van der Waals surface area (Å²) in [6, 6.07) is -6.14. The van der Waals surface area contributed by atoms with Crippen molar-refractivity contribution in [1.29, 1.82) is 0 Å². The number of hydrogen-bond donors (Lipinski definition) is 7.